The molecule has 22 heavy (non-hydrogen) atoms. The minimum atomic E-state index is -1.00. The Morgan fingerprint density at radius 3 is 2.73 bits per heavy atom. The summed E-state index contributed by atoms with van der Waals surface area (Å²) in [5, 5.41) is 23.0. The van der Waals surface area contributed by atoms with Crippen LogP contribution >= 0.6 is 0 Å². The van der Waals surface area contributed by atoms with E-state index in [2.05, 4.69) is 20.7 Å². The second-order valence-electron chi connectivity index (χ2n) is 5.17. The molecule has 2 N–H and O–H groups in total. The van der Waals surface area contributed by atoms with Crippen molar-refractivity contribution in [2.75, 3.05) is 0 Å². The van der Waals surface area contributed by atoms with E-state index in [1.54, 1.807) is 4.68 Å². The molecule has 0 saturated heterocycles. The van der Waals surface area contributed by atoms with Gasteiger partial charge in [0.05, 0.1) is 24.5 Å². The first-order valence-corrected chi connectivity index (χ1v) is 6.81. The molecule has 0 atom stereocenters. The van der Waals surface area contributed by atoms with Gasteiger partial charge in [0.15, 0.2) is 0 Å². The standard InChI is InChI=1S/C13H18N6O3/c1-8(2)19-9(3)11(5-15-19)13(22)14-4-10-6-18(17-16-10)7-12(20)21/h5-6,8H,4,7H2,1-3H3,(H,14,22)(H,20,21). The van der Waals surface area contributed by atoms with Crippen LogP contribution in [0.3, 0.4) is 0 Å². The fraction of sp³-hybridized carbons (Fsp3) is 0.462. The first kappa shape index (κ1) is 15.7. The highest BCUT2D eigenvalue weighted by atomic mass is 16.4. The van der Waals surface area contributed by atoms with E-state index in [-0.39, 0.29) is 25.0 Å². The van der Waals surface area contributed by atoms with E-state index in [0.29, 0.717) is 11.3 Å². The van der Waals surface area contributed by atoms with Crippen molar-refractivity contribution in [3.8, 4) is 0 Å². The summed E-state index contributed by atoms with van der Waals surface area (Å²) in [6, 6.07) is 0.178. The van der Waals surface area contributed by atoms with Crippen LogP contribution in [0.25, 0.3) is 0 Å². The average Bonchev–Trinajstić information content (AvgIpc) is 3.02. The Bertz CT molecular complexity index is 688. The fourth-order valence-electron chi connectivity index (χ4n) is 2.07. The summed E-state index contributed by atoms with van der Waals surface area (Å²) in [6.45, 7) is 5.72. The molecule has 0 aliphatic rings. The van der Waals surface area contributed by atoms with Gasteiger partial charge < -0.3 is 10.4 Å². The lowest BCUT2D eigenvalue weighted by Gasteiger charge is -2.08. The first-order chi connectivity index (χ1) is 10.4. The summed E-state index contributed by atoms with van der Waals surface area (Å²) in [6.07, 6.45) is 3.02. The molecule has 2 aromatic rings. The van der Waals surface area contributed by atoms with Gasteiger partial charge in [-0.3, -0.25) is 14.3 Å². The monoisotopic (exact) mass is 306 g/mol. The number of carboxylic acid groups (broad SMARTS) is 1. The van der Waals surface area contributed by atoms with Gasteiger partial charge in [0.2, 0.25) is 0 Å². The van der Waals surface area contributed by atoms with E-state index < -0.39 is 5.97 Å². The van der Waals surface area contributed by atoms with Crippen molar-refractivity contribution < 1.29 is 14.7 Å². The third-order valence-corrected chi connectivity index (χ3v) is 3.09. The molecule has 2 aromatic heterocycles. The van der Waals surface area contributed by atoms with E-state index in [9.17, 15) is 9.59 Å². The van der Waals surface area contributed by atoms with Gasteiger partial charge in [0.25, 0.3) is 5.91 Å². The van der Waals surface area contributed by atoms with Crippen molar-refractivity contribution in [3.05, 3.63) is 29.3 Å². The van der Waals surface area contributed by atoms with Crippen LogP contribution in [0, 0.1) is 6.92 Å². The molecular formula is C13H18N6O3. The second kappa shape index (κ2) is 6.37. The molecule has 2 heterocycles. The normalized spacial score (nSPS) is 10.9. The molecule has 9 nitrogen and oxygen atoms in total. The molecule has 0 aromatic carbocycles. The lowest BCUT2D eigenvalue weighted by atomic mass is 10.2. The maximum absolute atomic E-state index is 12.1. The lowest BCUT2D eigenvalue weighted by Crippen LogP contribution is -2.23. The fourth-order valence-corrected chi connectivity index (χ4v) is 2.07. The number of nitrogens with one attached hydrogen (secondary N) is 1. The molecule has 1 amide bonds. The molecule has 0 fully saturated rings. The topological polar surface area (TPSA) is 115 Å². The summed E-state index contributed by atoms with van der Waals surface area (Å²) in [5.74, 6) is -1.26. The number of hydrogen-bond donors (Lipinski definition) is 2. The first-order valence-electron chi connectivity index (χ1n) is 6.81. The van der Waals surface area contributed by atoms with Crippen LogP contribution in [0.5, 0.6) is 0 Å². The summed E-state index contributed by atoms with van der Waals surface area (Å²) in [4.78, 5) is 22.7. The summed E-state index contributed by atoms with van der Waals surface area (Å²) in [7, 11) is 0. The predicted octanol–water partition coefficient (Wildman–Crippen LogP) is 0.379. The molecule has 9 heteroatoms. The zero-order valence-electron chi connectivity index (χ0n) is 12.6. The van der Waals surface area contributed by atoms with E-state index >= 15 is 0 Å². The number of aromatic nitrogens is 5. The SMILES string of the molecule is Cc1c(C(=O)NCc2cn(CC(=O)O)nn2)cnn1C(C)C. The zero-order valence-corrected chi connectivity index (χ0v) is 12.6. The smallest absolute Gasteiger partial charge is 0.325 e. The number of rotatable bonds is 6. The largest absolute Gasteiger partial charge is 0.480 e. The van der Waals surface area contributed by atoms with Gasteiger partial charge in [-0.15, -0.1) is 5.10 Å². The number of amides is 1. The Morgan fingerprint density at radius 2 is 2.14 bits per heavy atom. The number of hydrogen-bond acceptors (Lipinski definition) is 5. The van der Waals surface area contributed by atoms with Crippen molar-refractivity contribution in [1.82, 2.24) is 30.1 Å². The minimum Gasteiger partial charge on any atom is -0.480 e. The zero-order chi connectivity index (χ0) is 16.3. The van der Waals surface area contributed by atoms with E-state index in [0.717, 1.165) is 5.69 Å². The van der Waals surface area contributed by atoms with E-state index in [4.69, 9.17) is 5.11 Å². The Hall–Kier alpha value is -2.71. The van der Waals surface area contributed by atoms with Gasteiger partial charge in [0, 0.05) is 11.7 Å². The third kappa shape index (κ3) is 3.48. The number of aliphatic carboxylic acids is 1. The maximum atomic E-state index is 12.1. The molecule has 0 aliphatic heterocycles. The Kier molecular flexibility index (Phi) is 4.54. The number of carbonyl (C=O) groups excluding carboxylic acids is 1. The number of carbonyl (C=O) groups is 2. The Morgan fingerprint density at radius 1 is 1.41 bits per heavy atom. The molecule has 0 spiro atoms. The highest BCUT2D eigenvalue weighted by Gasteiger charge is 2.15. The highest BCUT2D eigenvalue weighted by molar-refractivity contribution is 5.94. The Labute approximate surface area is 126 Å². The minimum absolute atomic E-state index is 0.171. The quantitative estimate of drug-likeness (QED) is 0.797. The predicted molar refractivity (Wildman–Crippen MR) is 76.2 cm³/mol. The summed E-state index contributed by atoms with van der Waals surface area (Å²) in [5.41, 5.74) is 1.79. The van der Waals surface area contributed by atoms with Crippen molar-refractivity contribution in [3.63, 3.8) is 0 Å². The van der Waals surface area contributed by atoms with Crippen LogP contribution in [0.15, 0.2) is 12.4 Å². The molecule has 0 unspecified atom stereocenters. The van der Waals surface area contributed by atoms with Crippen molar-refractivity contribution in [2.45, 2.75) is 39.9 Å². The molecule has 0 aliphatic carbocycles. The van der Waals surface area contributed by atoms with Crippen LogP contribution in [-0.2, 0) is 17.9 Å². The average molecular weight is 306 g/mol. The van der Waals surface area contributed by atoms with Gasteiger partial charge in [0.1, 0.15) is 12.2 Å². The van der Waals surface area contributed by atoms with Crippen LogP contribution in [0.2, 0.25) is 0 Å². The number of carboxylic acids is 1. The van der Waals surface area contributed by atoms with Gasteiger partial charge in [-0.25, -0.2) is 4.68 Å². The van der Waals surface area contributed by atoms with Crippen molar-refractivity contribution in [1.29, 1.82) is 0 Å². The van der Waals surface area contributed by atoms with E-state index in [1.807, 2.05) is 20.8 Å². The molecule has 0 radical (unpaired) electrons. The molecule has 0 saturated carbocycles. The van der Waals surface area contributed by atoms with Crippen molar-refractivity contribution in [2.24, 2.45) is 0 Å². The molecular weight excluding hydrogens is 288 g/mol. The van der Waals surface area contributed by atoms with Crippen LogP contribution in [-0.4, -0.2) is 41.8 Å². The molecule has 2 rings (SSSR count). The third-order valence-electron chi connectivity index (χ3n) is 3.09. The Balaban J connectivity index is 1.98. The van der Waals surface area contributed by atoms with E-state index in [1.165, 1.54) is 17.1 Å². The highest BCUT2D eigenvalue weighted by Crippen LogP contribution is 2.12. The van der Waals surface area contributed by atoms with Crippen molar-refractivity contribution >= 4 is 11.9 Å². The van der Waals surface area contributed by atoms with Gasteiger partial charge in [-0.05, 0) is 20.8 Å². The van der Waals surface area contributed by atoms with Gasteiger partial charge in [-0.1, -0.05) is 5.21 Å². The summed E-state index contributed by atoms with van der Waals surface area (Å²) < 4.78 is 2.98. The van der Waals surface area contributed by atoms with Crippen LogP contribution in [0.1, 0.15) is 41.6 Å². The van der Waals surface area contributed by atoms with Gasteiger partial charge in [-0.2, -0.15) is 5.10 Å². The molecule has 0 bridgehead atoms. The second-order valence-corrected chi connectivity index (χ2v) is 5.17. The van der Waals surface area contributed by atoms with Crippen LogP contribution in [0.4, 0.5) is 0 Å². The lowest BCUT2D eigenvalue weighted by molar-refractivity contribution is -0.137. The molecule has 118 valence electrons. The van der Waals surface area contributed by atoms with Crippen LogP contribution < -0.4 is 5.32 Å². The maximum Gasteiger partial charge on any atom is 0.325 e. The number of nitrogens with zero attached hydrogens (tertiary/aromatic N) is 5. The van der Waals surface area contributed by atoms with Gasteiger partial charge >= 0.3 is 5.97 Å². The summed E-state index contributed by atoms with van der Waals surface area (Å²) >= 11 is 0.